The van der Waals surface area contributed by atoms with Crippen LogP contribution in [0, 0.1) is 17.2 Å². The lowest BCUT2D eigenvalue weighted by atomic mass is 10.0. The van der Waals surface area contributed by atoms with Crippen LogP contribution >= 0.6 is 0 Å². The third-order valence-electron chi connectivity index (χ3n) is 6.46. The number of aromatic nitrogens is 3. The number of nitrogens with zero attached hydrogens (tertiary/aromatic N) is 6. The third kappa shape index (κ3) is 4.77. The number of anilines is 1. The van der Waals surface area contributed by atoms with E-state index in [2.05, 4.69) is 29.9 Å². The molecular weight excluding hydrogens is 416 g/mol. The van der Waals surface area contributed by atoms with Gasteiger partial charge in [-0.05, 0) is 24.1 Å². The maximum atomic E-state index is 11.6. The van der Waals surface area contributed by atoms with Gasteiger partial charge in [-0.1, -0.05) is 26.7 Å². The number of pyridine rings is 2. The second-order valence-electron chi connectivity index (χ2n) is 8.44. The molecule has 1 fully saturated rings. The first kappa shape index (κ1) is 22.6. The van der Waals surface area contributed by atoms with E-state index in [4.69, 9.17) is 9.72 Å². The highest BCUT2D eigenvalue weighted by atomic mass is 16.5. The quantitative estimate of drug-likeness (QED) is 0.549. The maximum absolute atomic E-state index is 11.6. The van der Waals surface area contributed by atoms with Gasteiger partial charge in [0.25, 0.3) is 0 Å². The summed E-state index contributed by atoms with van der Waals surface area (Å²) in [4.78, 5) is 20.3. The van der Waals surface area contributed by atoms with Crippen LogP contribution in [0.4, 0.5) is 5.82 Å². The van der Waals surface area contributed by atoms with Crippen LogP contribution in [0.1, 0.15) is 39.2 Å². The molecule has 0 N–H and O–H groups in total. The molecule has 0 unspecified atom stereocenters. The average Bonchev–Trinajstić information content (AvgIpc) is 3.27. The van der Waals surface area contributed by atoms with Crippen molar-refractivity contribution in [2.75, 3.05) is 37.7 Å². The minimum absolute atomic E-state index is 0.113. The molecule has 0 aromatic carbocycles. The second kappa shape index (κ2) is 9.90. The van der Waals surface area contributed by atoms with Crippen molar-refractivity contribution in [2.24, 2.45) is 5.92 Å². The lowest BCUT2D eigenvalue weighted by molar-refractivity contribution is -0.129. The van der Waals surface area contributed by atoms with Crippen LogP contribution in [-0.4, -0.2) is 58.2 Å². The zero-order valence-electron chi connectivity index (χ0n) is 19.5. The summed E-state index contributed by atoms with van der Waals surface area (Å²) in [5.41, 5.74) is 3.03. The summed E-state index contributed by atoms with van der Waals surface area (Å²) in [7, 11) is 0. The first-order chi connectivity index (χ1) is 16.0. The molecule has 0 spiro atoms. The Bertz CT molecular complexity index is 1150. The Morgan fingerprint density at radius 3 is 2.55 bits per heavy atom. The molecule has 0 saturated carbocycles. The van der Waals surface area contributed by atoms with Gasteiger partial charge in [0.05, 0.1) is 30.1 Å². The molecule has 8 nitrogen and oxygen atoms in total. The van der Waals surface area contributed by atoms with Gasteiger partial charge in [-0.15, -0.1) is 0 Å². The lowest BCUT2D eigenvalue weighted by Gasteiger charge is -2.34. The van der Waals surface area contributed by atoms with Gasteiger partial charge in [0.1, 0.15) is 17.6 Å². The minimum Gasteiger partial charge on any atom is -0.492 e. The summed E-state index contributed by atoms with van der Waals surface area (Å²) in [5, 5.41) is 14.0. The summed E-state index contributed by atoms with van der Waals surface area (Å²) in [5.74, 6) is 2.22. The zero-order valence-corrected chi connectivity index (χ0v) is 19.5. The van der Waals surface area contributed by atoms with Gasteiger partial charge >= 0.3 is 0 Å². The van der Waals surface area contributed by atoms with E-state index in [1.807, 2.05) is 35.5 Å². The fraction of sp³-hybridized carbons (Fsp3) is 0.440. The SMILES string of the molecule is CCC(CC)COc1cc(-c2ccc(N3CCN(C(C)=O)CC3)nc2)c2c(C#N)cnn2c1. The van der Waals surface area contributed by atoms with Crippen LogP contribution < -0.4 is 9.64 Å². The molecule has 1 aliphatic rings. The number of rotatable bonds is 7. The van der Waals surface area contributed by atoms with Crippen molar-refractivity contribution in [1.82, 2.24) is 19.5 Å². The van der Waals surface area contributed by atoms with Crippen molar-refractivity contribution in [3.8, 4) is 22.9 Å². The van der Waals surface area contributed by atoms with Gasteiger partial charge < -0.3 is 14.5 Å². The number of amides is 1. The standard InChI is InChI=1S/C25H30N6O2/c1-4-19(5-2)17-33-22-12-23(25-21(13-26)15-28-31(25)16-22)20-6-7-24(27-14-20)30-10-8-29(9-11-30)18(3)32/h6-7,12,14-16,19H,4-5,8-11,17H2,1-3H3. The van der Waals surface area contributed by atoms with Crippen LogP contribution in [0.3, 0.4) is 0 Å². The third-order valence-corrected chi connectivity index (χ3v) is 6.46. The highest BCUT2D eigenvalue weighted by Crippen LogP contribution is 2.31. The van der Waals surface area contributed by atoms with E-state index in [0.717, 1.165) is 54.1 Å². The molecule has 8 heteroatoms. The molecule has 1 saturated heterocycles. The van der Waals surface area contributed by atoms with Crippen molar-refractivity contribution in [2.45, 2.75) is 33.6 Å². The predicted octanol–water partition coefficient (Wildman–Crippen LogP) is 3.75. The van der Waals surface area contributed by atoms with E-state index in [0.29, 0.717) is 31.2 Å². The van der Waals surface area contributed by atoms with Gasteiger partial charge in [-0.3, -0.25) is 4.79 Å². The van der Waals surface area contributed by atoms with E-state index < -0.39 is 0 Å². The van der Waals surface area contributed by atoms with Crippen LogP contribution in [-0.2, 0) is 4.79 Å². The Kier molecular flexibility index (Phi) is 6.78. The Morgan fingerprint density at radius 1 is 1.18 bits per heavy atom. The number of piperazine rings is 1. The van der Waals surface area contributed by atoms with Gasteiger partial charge in [-0.2, -0.15) is 10.4 Å². The van der Waals surface area contributed by atoms with Crippen LogP contribution in [0.15, 0.2) is 36.8 Å². The number of carbonyl (C=O) groups is 1. The maximum Gasteiger partial charge on any atom is 0.219 e. The number of hydrogen-bond donors (Lipinski definition) is 0. The van der Waals surface area contributed by atoms with Gasteiger partial charge in [0, 0.05) is 50.4 Å². The molecule has 33 heavy (non-hydrogen) atoms. The smallest absolute Gasteiger partial charge is 0.219 e. The normalized spacial score (nSPS) is 14.0. The van der Waals surface area contributed by atoms with E-state index in [9.17, 15) is 10.1 Å². The Hall–Kier alpha value is -3.60. The summed E-state index contributed by atoms with van der Waals surface area (Å²) in [6.07, 6.45) is 7.38. The topological polar surface area (TPSA) is 86.8 Å². The highest BCUT2D eigenvalue weighted by Gasteiger charge is 2.20. The molecule has 1 aliphatic heterocycles. The number of nitriles is 1. The van der Waals surface area contributed by atoms with Gasteiger partial charge in [-0.25, -0.2) is 9.50 Å². The fourth-order valence-corrected chi connectivity index (χ4v) is 4.20. The van der Waals surface area contributed by atoms with E-state index >= 15 is 0 Å². The van der Waals surface area contributed by atoms with Crippen molar-refractivity contribution in [3.63, 3.8) is 0 Å². The monoisotopic (exact) mass is 446 g/mol. The highest BCUT2D eigenvalue weighted by molar-refractivity contribution is 5.85. The number of ether oxygens (including phenoxy) is 1. The van der Waals surface area contributed by atoms with Gasteiger partial charge in [0.15, 0.2) is 0 Å². The van der Waals surface area contributed by atoms with E-state index in [1.165, 1.54) is 0 Å². The zero-order chi connectivity index (χ0) is 23.4. The number of hydrogen-bond acceptors (Lipinski definition) is 6. The fourth-order valence-electron chi connectivity index (χ4n) is 4.20. The van der Waals surface area contributed by atoms with Crippen molar-refractivity contribution in [1.29, 1.82) is 5.26 Å². The summed E-state index contributed by atoms with van der Waals surface area (Å²) < 4.78 is 7.82. The van der Waals surface area contributed by atoms with Gasteiger partial charge in [0.2, 0.25) is 5.91 Å². The Labute approximate surface area is 194 Å². The predicted molar refractivity (Wildman–Crippen MR) is 127 cm³/mol. The molecule has 4 rings (SSSR count). The summed E-state index contributed by atoms with van der Waals surface area (Å²) >= 11 is 0. The van der Waals surface area contributed by atoms with Crippen molar-refractivity contribution >= 4 is 17.2 Å². The Balaban J connectivity index is 1.62. The van der Waals surface area contributed by atoms with Crippen LogP contribution in [0.25, 0.3) is 16.6 Å². The average molecular weight is 447 g/mol. The van der Waals surface area contributed by atoms with Crippen LogP contribution in [0.2, 0.25) is 0 Å². The van der Waals surface area contributed by atoms with Crippen molar-refractivity contribution in [3.05, 3.63) is 42.4 Å². The number of fused-ring (bicyclic) bond motifs is 1. The summed E-state index contributed by atoms with van der Waals surface area (Å²) in [6, 6.07) is 8.23. The van der Waals surface area contributed by atoms with Crippen molar-refractivity contribution < 1.29 is 9.53 Å². The molecule has 0 atom stereocenters. The molecule has 0 radical (unpaired) electrons. The molecule has 172 valence electrons. The molecule has 0 bridgehead atoms. The number of carbonyl (C=O) groups excluding carboxylic acids is 1. The lowest BCUT2D eigenvalue weighted by Crippen LogP contribution is -2.48. The first-order valence-corrected chi connectivity index (χ1v) is 11.5. The largest absolute Gasteiger partial charge is 0.492 e. The first-order valence-electron chi connectivity index (χ1n) is 11.5. The molecule has 0 aliphatic carbocycles. The minimum atomic E-state index is 0.113. The van der Waals surface area contributed by atoms with E-state index in [1.54, 1.807) is 17.6 Å². The molecular formula is C25H30N6O2. The summed E-state index contributed by atoms with van der Waals surface area (Å²) in [6.45, 7) is 9.53. The van der Waals surface area contributed by atoms with Crippen LogP contribution in [0.5, 0.6) is 5.75 Å². The van der Waals surface area contributed by atoms with E-state index in [-0.39, 0.29) is 5.91 Å². The molecule has 3 aromatic rings. The molecule has 3 aromatic heterocycles. The molecule has 4 heterocycles. The second-order valence-corrected chi connectivity index (χ2v) is 8.44. The Morgan fingerprint density at radius 2 is 1.94 bits per heavy atom. The molecule has 1 amide bonds.